The van der Waals surface area contributed by atoms with Crippen molar-refractivity contribution in [3.05, 3.63) is 24.1 Å². The van der Waals surface area contributed by atoms with E-state index < -0.39 is 24.1 Å². The van der Waals surface area contributed by atoms with Crippen LogP contribution in [0.4, 0.5) is 17.6 Å². The van der Waals surface area contributed by atoms with E-state index in [4.69, 9.17) is 0 Å². The van der Waals surface area contributed by atoms with Crippen LogP contribution in [0.15, 0.2) is 24.1 Å². The smallest absolute Gasteiger partial charge is 0.363 e. The maximum absolute atomic E-state index is 11.7. The summed E-state index contributed by atoms with van der Waals surface area (Å²) in [5, 5.41) is 0. The molecule has 0 aromatic rings. The molecule has 0 unspecified atom stereocenters. The van der Waals surface area contributed by atoms with Gasteiger partial charge >= 0.3 is 24.1 Å². The van der Waals surface area contributed by atoms with Gasteiger partial charge in [0.2, 0.25) is 0 Å². The van der Waals surface area contributed by atoms with E-state index >= 15 is 0 Å². The lowest BCUT2D eigenvalue weighted by atomic mass is 10.9. The van der Waals surface area contributed by atoms with Crippen LogP contribution in [0, 0.1) is 0 Å². The lowest BCUT2D eigenvalue weighted by Gasteiger charge is -1.91. The minimum Gasteiger partial charge on any atom is -0.389 e. The molecule has 0 aliphatic carbocycles. The highest BCUT2D eigenvalue weighted by atomic mass is 19.3. The van der Waals surface area contributed by atoms with E-state index in [1.807, 2.05) is 0 Å². The molecule has 0 spiro atoms. The molecule has 0 N–H and O–H groups in total. The van der Waals surface area contributed by atoms with Gasteiger partial charge in [-0.1, -0.05) is 0 Å². The van der Waals surface area contributed by atoms with E-state index in [-0.39, 0.29) is 0 Å². The summed E-state index contributed by atoms with van der Waals surface area (Å²) in [4.78, 5) is 0. The molecule has 0 saturated heterocycles. The van der Waals surface area contributed by atoms with Crippen LogP contribution in [0.3, 0.4) is 0 Å². The van der Waals surface area contributed by atoms with Crippen molar-refractivity contribution in [2.45, 2.75) is 0 Å². The Hall–Kier alpha value is -1.20. The molecule has 10 heavy (non-hydrogen) atoms. The third-order valence-corrected chi connectivity index (χ3v) is 0.673. The van der Waals surface area contributed by atoms with Gasteiger partial charge in [-0.3, -0.25) is 0 Å². The fourth-order valence-corrected chi connectivity index (χ4v) is 0.341. The van der Waals surface area contributed by atoms with Crippen LogP contribution in [0.1, 0.15) is 0 Å². The first-order chi connectivity index (χ1) is 4.61. The Morgan fingerprint density at radius 3 is 1.60 bits per heavy atom. The molecule has 0 amide bonds. The maximum Gasteiger partial charge on any atom is 0.363 e. The topological polar surface area (TPSA) is 18.5 Å². The van der Waals surface area contributed by atoms with Gasteiger partial charge in [-0.15, -0.1) is 0 Å². The fourth-order valence-electron chi connectivity index (χ4n) is 0.341. The molecule has 0 atom stereocenters. The molecule has 0 bridgehead atoms. The van der Waals surface area contributed by atoms with Crippen LogP contribution in [0.25, 0.3) is 0 Å². The van der Waals surface area contributed by atoms with Crippen molar-refractivity contribution in [1.82, 2.24) is 0 Å². The normalized spacial score (nSPS) is 17.0. The van der Waals surface area contributed by atoms with Gasteiger partial charge in [-0.25, -0.2) is 0 Å². The minimum atomic E-state index is -2.41. The van der Waals surface area contributed by atoms with E-state index in [1.54, 1.807) is 0 Å². The first-order valence-corrected chi connectivity index (χ1v) is 2.07. The van der Waals surface area contributed by atoms with E-state index in [9.17, 15) is 17.6 Å². The molecule has 6 heteroatoms. The highest BCUT2D eigenvalue weighted by Gasteiger charge is 2.27. The number of hydrogen-bond acceptors (Lipinski definition) is 2. The van der Waals surface area contributed by atoms with Crippen molar-refractivity contribution < 1.29 is 27.0 Å². The van der Waals surface area contributed by atoms with Gasteiger partial charge in [-0.05, 0) is 0 Å². The Morgan fingerprint density at radius 2 is 1.40 bits per heavy atom. The standard InChI is InChI=1S/C4F4O2/c5-1(6)4-9-2(7)3(8)10-4. The van der Waals surface area contributed by atoms with Crippen molar-refractivity contribution in [3.63, 3.8) is 0 Å². The molecule has 0 fully saturated rings. The summed E-state index contributed by atoms with van der Waals surface area (Å²) in [5.41, 5.74) is 0. The van der Waals surface area contributed by atoms with Gasteiger partial charge in [-0.2, -0.15) is 17.6 Å². The fraction of sp³-hybridized carbons (Fsp3) is 0. The zero-order chi connectivity index (χ0) is 7.72. The predicted octanol–water partition coefficient (Wildman–Crippen LogP) is 2.16. The Labute approximate surface area is 52.3 Å². The van der Waals surface area contributed by atoms with Crippen LogP contribution < -0.4 is 0 Å². The monoisotopic (exact) mass is 156 g/mol. The van der Waals surface area contributed by atoms with Gasteiger partial charge in [0.15, 0.2) is 0 Å². The molecule has 1 heterocycles. The van der Waals surface area contributed by atoms with Crippen molar-refractivity contribution in [2.24, 2.45) is 0 Å². The minimum absolute atomic E-state index is 1.45. The zero-order valence-corrected chi connectivity index (χ0v) is 4.33. The van der Waals surface area contributed by atoms with E-state index in [0.29, 0.717) is 0 Å². The average Bonchev–Trinajstić information content (AvgIpc) is 2.13. The highest BCUT2D eigenvalue weighted by Crippen LogP contribution is 2.29. The second-order valence-corrected chi connectivity index (χ2v) is 1.30. The molecule has 0 aromatic carbocycles. The second kappa shape index (κ2) is 2.20. The number of halogens is 4. The average molecular weight is 156 g/mol. The zero-order valence-electron chi connectivity index (χ0n) is 4.33. The quantitative estimate of drug-likeness (QED) is 0.500. The molecule has 0 aromatic heterocycles. The molecule has 1 aliphatic rings. The van der Waals surface area contributed by atoms with Gasteiger partial charge in [0.1, 0.15) is 0 Å². The third-order valence-electron chi connectivity index (χ3n) is 0.673. The Kier molecular flexibility index (Phi) is 1.52. The van der Waals surface area contributed by atoms with Crippen molar-refractivity contribution >= 4 is 0 Å². The summed E-state index contributed by atoms with van der Waals surface area (Å²) >= 11 is 0. The highest BCUT2D eigenvalue weighted by molar-refractivity contribution is 5.01. The maximum atomic E-state index is 11.7. The molecule has 1 aliphatic heterocycles. The predicted molar refractivity (Wildman–Crippen MR) is 20.7 cm³/mol. The van der Waals surface area contributed by atoms with Gasteiger partial charge in [0, 0.05) is 0 Å². The van der Waals surface area contributed by atoms with Crippen molar-refractivity contribution in [1.29, 1.82) is 0 Å². The lowest BCUT2D eigenvalue weighted by Crippen LogP contribution is -1.83. The summed E-state index contributed by atoms with van der Waals surface area (Å²) in [7, 11) is 0. The van der Waals surface area contributed by atoms with E-state index in [1.165, 1.54) is 0 Å². The number of ether oxygens (including phenoxy) is 2. The molecular formula is C4F4O2. The van der Waals surface area contributed by atoms with Crippen LogP contribution >= 0.6 is 0 Å². The summed E-state index contributed by atoms with van der Waals surface area (Å²) in [6, 6.07) is -3.58. The van der Waals surface area contributed by atoms with Gasteiger partial charge < -0.3 is 9.47 Å². The largest absolute Gasteiger partial charge is 0.389 e. The van der Waals surface area contributed by atoms with Crippen LogP contribution in [-0.4, -0.2) is 0 Å². The molecule has 1 rings (SSSR count). The SMILES string of the molecule is FC(F)=C1OC(F)=C(F)O1. The summed E-state index contributed by atoms with van der Waals surface area (Å²) in [5.74, 6) is -1.45. The van der Waals surface area contributed by atoms with Crippen LogP contribution in [0.2, 0.25) is 0 Å². The van der Waals surface area contributed by atoms with Gasteiger partial charge in [0.25, 0.3) is 0 Å². The second-order valence-electron chi connectivity index (χ2n) is 1.30. The first-order valence-electron chi connectivity index (χ1n) is 2.07. The third kappa shape index (κ3) is 1.04. The molecule has 2 nitrogen and oxygen atoms in total. The molecule has 0 radical (unpaired) electrons. The Morgan fingerprint density at radius 1 is 1.00 bits per heavy atom. The van der Waals surface area contributed by atoms with Gasteiger partial charge in [0.05, 0.1) is 0 Å². The van der Waals surface area contributed by atoms with Crippen LogP contribution in [0.5, 0.6) is 0 Å². The number of hydrogen-bond donors (Lipinski definition) is 0. The van der Waals surface area contributed by atoms with Crippen molar-refractivity contribution in [2.75, 3.05) is 0 Å². The summed E-state index contributed by atoms with van der Waals surface area (Å²) in [6.07, 6.45) is -2.41. The lowest BCUT2D eigenvalue weighted by molar-refractivity contribution is 0.109. The molecular weight excluding hydrogens is 156 g/mol. The Bertz CT molecular complexity index is 199. The molecule has 56 valence electrons. The summed E-state index contributed by atoms with van der Waals surface area (Å²) < 4.78 is 53.1. The number of rotatable bonds is 0. The van der Waals surface area contributed by atoms with E-state index in [2.05, 4.69) is 9.47 Å². The van der Waals surface area contributed by atoms with Crippen LogP contribution in [-0.2, 0) is 9.47 Å². The summed E-state index contributed by atoms with van der Waals surface area (Å²) in [6.45, 7) is 0. The molecule has 0 saturated carbocycles. The van der Waals surface area contributed by atoms with Crippen molar-refractivity contribution in [3.8, 4) is 0 Å². The Balaban J connectivity index is 2.78. The van der Waals surface area contributed by atoms with E-state index in [0.717, 1.165) is 0 Å². The first kappa shape index (κ1) is 6.91.